The molecule has 1 aliphatic rings. The minimum absolute atomic E-state index is 0.0892. The van der Waals surface area contributed by atoms with Crippen LogP contribution in [0.15, 0.2) is 95.2 Å². The number of hydrogen-bond acceptors (Lipinski definition) is 9. The van der Waals surface area contributed by atoms with Gasteiger partial charge in [0.25, 0.3) is 5.91 Å². The number of benzene rings is 3. The molecule has 3 heterocycles. The largest absolute Gasteiger partial charge is 0.382 e. The summed E-state index contributed by atoms with van der Waals surface area (Å²) in [5.41, 5.74) is 9.22. The highest BCUT2D eigenvalue weighted by atomic mass is 32.2. The van der Waals surface area contributed by atoms with E-state index in [1.165, 1.54) is 22.7 Å². The van der Waals surface area contributed by atoms with Crippen molar-refractivity contribution < 1.29 is 13.2 Å². The Morgan fingerprint density at radius 1 is 0.929 bits per heavy atom. The number of carbonyl (C=O) groups excluding carboxylic acids is 1. The SMILES string of the molecule is Nc1nc(NC2CCN(S(=O)(=O)c3ccccc3)CC2)sc1-c1nc(-c2cccc(NC(=O)c3ccccc3)c2)cs1. The van der Waals surface area contributed by atoms with E-state index in [-0.39, 0.29) is 11.9 Å². The fourth-order valence-corrected chi connectivity index (χ4v) is 8.14. The number of anilines is 3. The van der Waals surface area contributed by atoms with E-state index in [0.717, 1.165) is 21.1 Å². The Balaban J connectivity index is 1.10. The summed E-state index contributed by atoms with van der Waals surface area (Å²) in [6.45, 7) is 0.868. The van der Waals surface area contributed by atoms with Gasteiger partial charge in [0.05, 0.1) is 10.6 Å². The van der Waals surface area contributed by atoms with Crippen LogP contribution in [0.5, 0.6) is 0 Å². The molecule has 42 heavy (non-hydrogen) atoms. The van der Waals surface area contributed by atoms with Crippen LogP contribution >= 0.6 is 22.7 Å². The predicted octanol–water partition coefficient (Wildman–Crippen LogP) is 6.03. The van der Waals surface area contributed by atoms with Crippen LogP contribution in [-0.2, 0) is 10.0 Å². The molecule has 0 spiro atoms. The molecule has 0 saturated carbocycles. The van der Waals surface area contributed by atoms with E-state index in [1.54, 1.807) is 40.7 Å². The second-order valence-corrected chi connectivity index (χ2v) is 13.6. The summed E-state index contributed by atoms with van der Waals surface area (Å²) < 4.78 is 27.4. The number of thiazole rings is 2. The first-order valence-corrected chi connectivity index (χ1v) is 16.5. The third-order valence-electron chi connectivity index (χ3n) is 6.97. The topological polar surface area (TPSA) is 130 Å². The van der Waals surface area contributed by atoms with Gasteiger partial charge in [0.2, 0.25) is 10.0 Å². The van der Waals surface area contributed by atoms with Crippen molar-refractivity contribution in [3.8, 4) is 21.1 Å². The van der Waals surface area contributed by atoms with Crippen molar-refractivity contribution in [2.24, 2.45) is 0 Å². The molecule has 4 N–H and O–H groups in total. The molecule has 1 aliphatic heterocycles. The molecule has 2 aromatic heterocycles. The lowest BCUT2D eigenvalue weighted by Gasteiger charge is -2.31. The minimum atomic E-state index is -3.49. The lowest BCUT2D eigenvalue weighted by molar-refractivity contribution is 0.102. The second kappa shape index (κ2) is 12.0. The van der Waals surface area contributed by atoms with Gasteiger partial charge in [-0.2, -0.15) is 4.31 Å². The van der Waals surface area contributed by atoms with Crippen molar-refractivity contribution in [3.05, 3.63) is 95.9 Å². The average molecular weight is 617 g/mol. The second-order valence-electron chi connectivity index (χ2n) is 9.81. The van der Waals surface area contributed by atoms with Crippen molar-refractivity contribution in [1.82, 2.24) is 14.3 Å². The molecule has 1 amide bonds. The molecule has 1 saturated heterocycles. The minimum Gasteiger partial charge on any atom is -0.382 e. The summed E-state index contributed by atoms with van der Waals surface area (Å²) in [5.74, 6) is 0.226. The summed E-state index contributed by atoms with van der Waals surface area (Å²) in [6, 6.07) is 25.3. The standard InChI is InChI=1S/C30H28N6O3S3/c31-27-26(41-30(35-27)33-22-14-16-36(17-15-22)42(38,39)24-12-5-2-6-13-24)29-34-25(19-40-29)21-10-7-11-23(18-21)32-28(37)20-8-3-1-4-9-20/h1-13,18-19,22H,14-17,31H2,(H,32,37)(H,33,35). The molecule has 5 aromatic rings. The Morgan fingerprint density at radius 3 is 2.38 bits per heavy atom. The summed E-state index contributed by atoms with van der Waals surface area (Å²) >= 11 is 2.92. The van der Waals surface area contributed by atoms with Crippen LogP contribution in [0.2, 0.25) is 0 Å². The van der Waals surface area contributed by atoms with E-state index < -0.39 is 10.0 Å². The van der Waals surface area contributed by atoms with E-state index >= 15 is 0 Å². The first kappa shape index (κ1) is 28.0. The van der Waals surface area contributed by atoms with Crippen LogP contribution in [0.25, 0.3) is 21.1 Å². The highest BCUT2D eigenvalue weighted by molar-refractivity contribution is 7.89. The Hall–Kier alpha value is -4.10. The summed E-state index contributed by atoms with van der Waals surface area (Å²) in [5, 5.41) is 9.79. The van der Waals surface area contributed by atoms with Crippen LogP contribution in [-0.4, -0.2) is 47.7 Å². The highest BCUT2D eigenvalue weighted by Crippen LogP contribution is 2.39. The number of piperidine rings is 1. The van der Waals surface area contributed by atoms with Crippen molar-refractivity contribution in [3.63, 3.8) is 0 Å². The highest BCUT2D eigenvalue weighted by Gasteiger charge is 2.30. The van der Waals surface area contributed by atoms with Crippen molar-refractivity contribution >= 4 is 55.2 Å². The molecule has 0 aliphatic carbocycles. The van der Waals surface area contributed by atoms with E-state index in [4.69, 9.17) is 10.7 Å². The maximum absolute atomic E-state index is 12.9. The van der Waals surface area contributed by atoms with Crippen molar-refractivity contribution in [1.29, 1.82) is 0 Å². The number of aromatic nitrogens is 2. The fraction of sp³-hybridized carbons (Fsp3) is 0.167. The van der Waals surface area contributed by atoms with E-state index in [1.807, 2.05) is 53.9 Å². The number of nitrogen functional groups attached to an aromatic ring is 1. The molecular weight excluding hydrogens is 589 g/mol. The van der Waals surface area contributed by atoms with Crippen molar-refractivity contribution in [2.45, 2.75) is 23.8 Å². The third kappa shape index (κ3) is 6.07. The van der Waals surface area contributed by atoms with Crippen LogP contribution in [0.3, 0.4) is 0 Å². The van der Waals surface area contributed by atoms with Gasteiger partial charge in [0, 0.05) is 41.3 Å². The number of nitrogens with one attached hydrogen (secondary N) is 2. The van der Waals surface area contributed by atoms with E-state index in [0.29, 0.717) is 53.0 Å². The van der Waals surface area contributed by atoms with Gasteiger partial charge >= 0.3 is 0 Å². The quantitative estimate of drug-likeness (QED) is 0.194. The molecule has 0 bridgehead atoms. The van der Waals surface area contributed by atoms with Crippen molar-refractivity contribution in [2.75, 3.05) is 29.5 Å². The zero-order chi connectivity index (χ0) is 29.1. The van der Waals surface area contributed by atoms with Gasteiger partial charge in [0.1, 0.15) is 15.7 Å². The monoisotopic (exact) mass is 616 g/mol. The number of carbonyl (C=O) groups is 1. The maximum atomic E-state index is 12.9. The molecular formula is C30H28N6O3S3. The first-order chi connectivity index (χ1) is 20.4. The summed E-state index contributed by atoms with van der Waals surface area (Å²) in [6.07, 6.45) is 1.33. The Morgan fingerprint density at radius 2 is 1.64 bits per heavy atom. The molecule has 6 rings (SSSR count). The zero-order valence-corrected chi connectivity index (χ0v) is 24.9. The molecule has 214 valence electrons. The molecule has 12 heteroatoms. The zero-order valence-electron chi connectivity index (χ0n) is 22.4. The molecule has 9 nitrogen and oxygen atoms in total. The summed E-state index contributed by atoms with van der Waals surface area (Å²) in [7, 11) is -3.49. The van der Waals surface area contributed by atoms with Gasteiger partial charge in [-0.25, -0.2) is 18.4 Å². The predicted molar refractivity (Wildman–Crippen MR) is 169 cm³/mol. The Bertz CT molecular complexity index is 1800. The lowest BCUT2D eigenvalue weighted by Crippen LogP contribution is -2.42. The fourth-order valence-electron chi connectivity index (χ4n) is 4.76. The number of hydrogen-bond donors (Lipinski definition) is 3. The van der Waals surface area contributed by atoms with Gasteiger partial charge in [-0.15, -0.1) is 11.3 Å². The number of rotatable bonds is 8. The molecule has 3 aromatic carbocycles. The van der Waals surface area contributed by atoms with Gasteiger partial charge in [-0.05, 0) is 49.2 Å². The number of nitrogens with two attached hydrogens (primary N) is 1. The van der Waals surface area contributed by atoms with Crippen LogP contribution in [0, 0.1) is 0 Å². The van der Waals surface area contributed by atoms with Gasteiger partial charge in [-0.1, -0.05) is 59.9 Å². The summed E-state index contributed by atoms with van der Waals surface area (Å²) in [4.78, 5) is 23.0. The molecule has 0 atom stereocenters. The average Bonchev–Trinajstić information content (AvgIpc) is 3.65. The smallest absolute Gasteiger partial charge is 0.255 e. The molecule has 0 unspecified atom stereocenters. The molecule has 1 fully saturated rings. The van der Waals surface area contributed by atoms with Crippen LogP contribution in [0.1, 0.15) is 23.2 Å². The third-order valence-corrected chi connectivity index (χ3v) is 10.9. The Kier molecular flexibility index (Phi) is 8.02. The number of sulfonamides is 1. The number of nitrogens with zero attached hydrogens (tertiary/aromatic N) is 3. The van der Waals surface area contributed by atoms with Crippen LogP contribution in [0.4, 0.5) is 16.6 Å². The maximum Gasteiger partial charge on any atom is 0.255 e. The number of amides is 1. The van der Waals surface area contributed by atoms with Crippen LogP contribution < -0.4 is 16.4 Å². The van der Waals surface area contributed by atoms with Gasteiger partial charge in [-0.3, -0.25) is 4.79 Å². The normalized spacial score (nSPS) is 14.5. The Labute approximate surface area is 252 Å². The first-order valence-electron chi connectivity index (χ1n) is 13.4. The van der Waals surface area contributed by atoms with Gasteiger partial charge < -0.3 is 16.4 Å². The molecule has 0 radical (unpaired) electrons. The lowest BCUT2D eigenvalue weighted by atomic mass is 10.1. The van der Waals surface area contributed by atoms with E-state index in [2.05, 4.69) is 15.6 Å². The van der Waals surface area contributed by atoms with Gasteiger partial charge in [0.15, 0.2) is 5.13 Å². The van der Waals surface area contributed by atoms with E-state index in [9.17, 15) is 13.2 Å².